The molecule has 1 aliphatic heterocycles. The number of nitrogen functional groups attached to an aromatic ring is 1. The highest BCUT2D eigenvalue weighted by atomic mass is 16.3. The highest BCUT2D eigenvalue weighted by Gasteiger charge is 2.09. The molecule has 4 rings (SSSR count). The molecule has 6 nitrogen and oxygen atoms in total. The Balaban J connectivity index is 1.70. The number of hydrogen-bond donors (Lipinski definition) is 2. The number of nitrogens with two attached hydrogens (primary N) is 1. The molecular weight excluding hydrogens is 290 g/mol. The smallest absolute Gasteiger partial charge is 0.180 e. The summed E-state index contributed by atoms with van der Waals surface area (Å²) in [6.07, 6.45) is 6.96. The Morgan fingerprint density at radius 1 is 1.26 bits per heavy atom. The lowest BCUT2D eigenvalue weighted by molar-refractivity contribution is 0.512. The number of oxazole rings is 1. The van der Waals surface area contributed by atoms with Gasteiger partial charge in [-0.25, -0.2) is 9.97 Å². The minimum Gasteiger partial charge on any atom is -0.447 e. The van der Waals surface area contributed by atoms with Crippen LogP contribution in [0.4, 0.5) is 11.5 Å². The molecule has 3 heterocycles. The maximum atomic E-state index is 5.95. The number of hydrogen-bond acceptors (Lipinski definition) is 6. The SMILES string of the molecule is Nc1cc(NCc2cnco2)c2ccc(C3=CC=NC3)cc2n1. The van der Waals surface area contributed by atoms with E-state index in [1.165, 1.54) is 12.0 Å². The zero-order valence-corrected chi connectivity index (χ0v) is 12.4. The lowest BCUT2D eigenvalue weighted by Crippen LogP contribution is -2.02. The van der Waals surface area contributed by atoms with E-state index in [9.17, 15) is 0 Å². The van der Waals surface area contributed by atoms with Crippen molar-refractivity contribution in [2.45, 2.75) is 6.54 Å². The Hall–Kier alpha value is -3.15. The van der Waals surface area contributed by atoms with Gasteiger partial charge in [0.05, 0.1) is 24.8 Å². The number of rotatable bonds is 4. The molecule has 23 heavy (non-hydrogen) atoms. The Bertz CT molecular complexity index is 912. The summed E-state index contributed by atoms with van der Waals surface area (Å²) in [5.41, 5.74) is 10.0. The van der Waals surface area contributed by atoms with Crippen LogP contribution < -0.4 is 11.1 Å². The summed E-state index contributed by atoms with van der Waals surface area (Å²) in [6.45, 7) is 1.25. The van der Waals surface area contributed by atoms with Gasteiger partial charge in [-0.1, -0.05) is 12.1 Å². The molecule has 0 amide bonds. The summed E-state index contributed by atoms with van der Waals surface area (Å²) in [5, 5.41) is 4.34. The normalized spacial score (nSPS) is 13.5. The maximum absolute atomic E-state index is 5.95. The molecule has 0 radical (unpaired) electrons. The first-order chi connectivity index (χ1) is 11.3. The number of nitrogens with one attached hydrogen (secondary N) is 1. The monoisotopic (exact) mass is 305 g/mol. The van der Waals surface area contributed by atoms with Gasteiger partial charge in [0.25, 0.3) is 0 Å². The average Bonchev–Trinajstić information content (AvgIpc) is 3.25. The fourth-order valence-electron chi connectivity index (χ4n) is 2.64. The Labute approximate surface area is 132 Å². The van der Waals surface area contributed by atoms with E-state index >= 15 is 0 Å². The number of aliphatic imine (C=N–C) groups is 1. The van der Waals surface area contributed by atoms with Gasteiger partial charge in [0.15, 0.2) is 6.39 Å². The average molecular weight is 305 g/mol. The molecule has 0 spiro atoms. The van der Waals surface area contributed by atoms with Crippen molar-refractivity contribution < 1.29 is 4.42 Å². The molecule has 0 saturated carbocycles. The van der Waals surface area contributed by atoms with Crippen LogP contribution in [0, 0.1) is 0 Å². The molecule has 0 unspecified atom stereocenters. The number of allylic oxidation sites excluding steroid dienone is 1. The number of pyridine rings is 1. The van der Waals surface area contributed by atoms with E-state index in [0.717, 1.165) is 27.9 Å². The van der Waals surface area contributed by atoms with Crippen molar-refractivity contribution in [2.24, 2.45) is 4.99 Å². The lowest BCUT2D eigenvalue weighted by Gasteiger charge is -2.11. The van der Waals surface area contributed by atoms with Gasteiger partial charge in [0.1, 0.15) is 11.6 Å². The molecule has 1 aliphatic rings. The van der Waals surface area contributed by atoms with Crippen molar-refractivity contribution >= 4 is 34.2 Å². The summed E-state index contributed by atoms with van der Waals surface area (Å²) in [5.74, 6) is 1.24. The molecule has 2 aromatic heterocycles. The van der Waals surface area contributed by atoms with Gasteiger partial charge in [-0.05, 0) is 23.3 Å². The van der Waals surface area contributed by atoms with Crippen LogP contribution >= 0.6 is 0 Å². The van der Waals surface area contributed by atoms with Gasteiger partial charge in [-0.2, -0.15) is 0 Å². The fourth-order valence-corrected chi connectivity index (χ4v) is 2.64. The fraction of sp³-hybridized carbons (Fsp3) is 0.118. The number of aromatic nitrogens is 2. The van der Waals surface area contributed by atoms with Crippen molar-refractivity contribution in [1.29, 1.82) is 0 Å². The first-order valence-electron chi connectivity index (χ1n) is 7.30. The molecule has 6 heteroatoms. The van der Waals surface area contributed by atoms with Crippen molar-refractivity contribution in [3.8, 4) is 0 Å². The second-order valence-corrected chi connectivity index (χ2v) is 5.33. The van der Waals surface area contributed by atoms with Gasteiger partial charge in [-0.3, -0.25) is 4.99 Å². The minimum atomic E-state index is 0.478. The lowest BCUT2D eigenvalue weighted by atomic mass is 10.0. The standard InChI is InChI=1S/C17H15N5O/c18-17-6-15(21-9-13-8-20-10-23-13)14-2-1-11(5-16(14)22-17)12-3-4-19-7-12/h1-6,8,10H,7,9H2,(H3,18,21,22). The molecule has 114 valence electrons. The summed E-state index contributed by atoms with van der Waals surface area (Å²) >= 11 is 0. The van der Waals surface area contributed by atoms with Gasteiger partial charge < -0.3 is 15.5 Å². The van der Waals surface area contributed by atoms with Gasteiger partial charge >= 0.3 is 0 Å². The molecular formula is C17H15N5O. The van der Waals surface area contributed by atoms with Gasteiger partial charge in [-0.15, -0.1) is 0 Å². The van der Waals surface area contributed by atoms with Crippen LogP contribution in [-0.2, 0) is 6.54 Å². The third-order valence-corrected chi connectivity index (χ3v) is 3.78. The van der Waals surface area contributed by atoms with Crippen LogP contribution in [0.25, 0.3) is 16.5 Å². The van der Waals surface area contributed by atoms with Crippen molar-refractivity contribution in [1.82, 2.24) is 9.97 Å². The minimum absolute atomic E-state index is 0.478. The molecule has 0 fully saturated rings. The number of benzene rings is 1. The highest BCUT2D eigenvalue weighted by molar-refractivity contribution is 5.96. The molecule has 1 aromatic carbocycles. The maximum Gasteiger partial charge on any atom is 0.180 e. The number of anilines is 2. The van der Waals surface area contributed by atoms with Crippen molar-refractivity contribution in [3.05, 3.63) is 54.3 Å². The second-order valence-electron chi connectivity index (χ2n) is 5.33. The first kappa shape index (κ1) is 13.5. The van der Waals surface area contributed by atoms with Crippen LogP contribution in [0.3, 0.4) is 0 Å². The zero-order chi connectivity index (χ0) is 15.6. The second kappa shape index (κ2) is 5.57. The van der Waals surface area contributed by atoms with Crippen molar-refractivity contribution in [2.75, 3.05) is 17.6 Å². The van der Waals surface area contributed by atoms with Crippen LogP contribution in [0.1, 0.15) is 11.3 Å². The van der Waals surface area contributed by atoms with Crippen molar-refractivity contribution in [3.63, 3.8) is 0 Å². The van der Waals surface area contributed by atoms with E-state index < -0.39 is 0 Å². The number of nitrogens with zero attached hydrogens (tertiary/aromatic N) is 3. The molecule has 3 N–H and O–H groups in total. The van der Waals surface area contributed by atoms with Crippen LogP contribution in [0.5, 0.6) is 0 Å². The molecule has 0 atom stereocenters. The number of fused-ring (bicyclic) bond motifs is 1. The molecule has 3 aromatic rings. The van der Waals surface area contributed by atoms with Gasteiger partial charge in [0, 0.05) is 23.4 Å². The van der Waals surface area contributed by atoms with Crippen LogP contribution in [-0.4, -0.2) is 22.7 Å². The summed E-state index contributed by atoms with van der Waals surface area (Å²) < 4.78 is 5.24. The predicted molar refractivity (Wildman–Crippen MR) is 91.3 cm³/mol. The van der Waals surface area contributed by atoms with E-state index in [-0.39, 0.29) is 0 Å². The van der Waals surface area contributed by atoms with E-state index in [1.54, 1.807) is 6.20 Å². The third kappa shape index (κ3) is 2.66. The van der Waals surface area contributed by atoms with E-state index in [1.807, 2.05) is 24.4 Å². The van der Waals surface area contributed by atoms with Crippen LogP contribution in [0.15, 0.2) is 52.3 Å². The summed E-state index contributed by atoms with van der Waals surface area (Å²) in [7, 11) is 0. The topological polar surface area (TPSA) is 89.3 Å². The Kier molecular flexibility index (Phi) is 3.27. The summed E-state index contributed by atoms with van der Waals surface area (Å²) in [4.78, 5) is 12.6. The van der Waals surface area contributed by atoms with E-state index in [2.05, 4.69) is 32.4 Å². The zero-order valence-electron chi connectivity index (χ0n) is 12.4. The Morgan fingerprint density at radius 3 is 3.00 bits per heavy atom. The van der Waals surface area contributed by atoms with Gasteiger partial charge in [0.2, 0.25) is 0 Å². The molecule has 0 saturated heterocycles. The largest absolute Gasteiger partial charge is 0.447 e. The highest BCUT2D eigenvalue weighted by Crippen LogP contribution is 2.28. The molecule has 0 bridgehead atoms. The molecule has 0 aliphatic carbocycles. The summed E-state index contributed by atoms with van der Waals surface area (Å²) in [6, 6.07) is 8.02. The third-order valence-electron chi connectivity index (χ3n) is 3.78. The predicted octanol–water partition coefficient (Wildman–Crippen LogP) is 2.88. The Morgan fingerprint density at radius 2 is 2.22 bits per heavy atom. The van der Waals surface area contributed by atoms with E-state index in [4.69, 9.17) is 10.2 Å². The van der Waals surface area contributed by atoms with Crippen LogP contribution in [0.2, 0.25) is 0 Å². The first-order valence-corrected chi connectivity index (χ1v) is 7.30. The van der Waals surface area contributed by atoms with E-state index in [0.29, 0.717) is 18.9 Å². The quantitative estimate of drug-likeness (QED) is 0.773.